The molecule has 0 aromatic heterocycles. The van der Waals surface area contributed by atoms with E-state index < -0.39 is 23.8 Å². The molecule has 3 unspecified atom stereocenters. The van der Waals surface area contributed by atoms with Crippen molar-refractivity contribution in [1.29, 1.82) is 0 Å². The lowest BCUT2D eigenvalue weighted by molar-refractivity contribution is -0.146. The Hall–Kier alpha value is -4.00. The van der Waals surface area contributed by atoms with Gasteiger partial charge in [-0.3, -0.25) is 19.2 Å². The normalized spacial score (nSPS) is 16.4. The maximum Gasteiger partial charge on any atom is 0.306 e. The number of halogens is 1. The maximum atomic E-state index is 12.9. The summed E-state index contributed by atoms with van der Waals surface area (Å²) in [5.41, 5.74) is 3.65. The van der Waals surface area contributed by atoms with Crippen LogP contribution in [0.1, 0.15) is 68.3 Å². The summed E-state index contributed by atoms with van der Waals surface area (Å²) in [6, 6.07) is 5.27. The lowest BCUT2D eigenvalue weighted by Gasteiger charge is -2.23. The van der Waals surface area contributed by atoms with Gasteiger partial charge >= 0.3 is 11.9 Å². The van der Waals surface area contributed by atoms with Gasteiger partial charge in [0.25, 0.3) is 0 Å². The average molecular weight is 692 g/mol. The molecule has 0 spiro atoms. The molecule has 0 fully saturated rings. The first-order valence-corrected chi connectivity index (χ1v) is 15.5. The van der Waals surface area contributed by atoms with Gasteiger partial charge in [-0.25, -0.2) is 0 Å². The van der Waals surface area contributed by atoms with E-state index in [0.717, 1.165) is 22.3 Å². The van der Waals surface area contributed by atoms with Gasteiger partial charge in [-0.05, 0) is 63.3 Å². The smallest absolute Gasteiger partial charge is 0.306 e. The van der Waals surface area contributed by atoms with Crippen LogP contribution in [0.2, 0.25) is 0 Å². The van der Waals surface area contributed by atoms with Gasteiger partial charge in [-0.2, -0.15) is 0 Å². The molecule has 2 aliphatic rings. The molecule has 0 bridgehead atoms. The molecule has 244 valence electrons. The molecule has 13 heteroatoms. The van der Waals surface area contributed by atoms with Crippen molar-refractivity contribution >= 4 is 39.7 Å². The Kier molecular flexibility index (Phi) is 10.8. The molecule has 2 aromatic rings. The van der Waals surface area contributed by atoms with E-state index in [1.807, 2.05) is 25.1 Å². The van der Waals surface area contributed by atoms with Crippen LogP contribution in [-0.2, 0) is 38.8 Å². The van der Waals surface area contributed by atoms with Crippen LogP contribution < -0.4 is 18.9 Å². The third-order valence-electron chi connectivity index (χ3n) is 8.24. The number of hydrogen-bond donors (Lipinski definition) is 2. The number of fused-ring (bicyclic) bond motifs is 2. The minimum Gasteiger partial charge on any atom is -0.493 e. The summed E-state index contributed by atoms with van der Waals surface area (Å²) in [4.78, 5) is 51.2. The van der Waals surface area contributed by atoms with Gasteiger partial charge in [0.15, 0.2) is 23.0 Å². The predicted molar refractivity (Wildman–Crippen MR) is 165 cm³/mol. The Morgan fingerprint density at radius 2 is 1.36 bits per heavy atom. The molecule has 0 aliphatic carbocycles. The largest absolute Gasteiger partial charge is 0.493 e. The van der Waals surface area contributed by atoms with Crippen molar-refractivity contribution in [2.24, 2.45) is 11.8 Å². The molecule has 2 amide bonds. The molecule has 2 aliphatic heterocycles. The van der Waals surface area contributed by atoms with E-state index in [2.05, 4.69) is 15.9 Å². The van der Waals surface area contributed by atoms with Crippen LogP contribution in [0.3, 0.4) is 0 Å². The van der Waals surface area contributed by atoms with Gasteiger partial charge in [0.2, 0.25) is 11.8 Å². The van der Waals surface area contributed by atoms with Crippen molar-refractivity contribution in [3.05, 3.63) is 44.9 Å². The Morgan fingerprint density at radius 3 is 1.93 bits per heavy atom. The number of methoxy groups -OCH3 is 2. The second kappa shape index (κ2) is 14.4. The van der Waals surface area contributed by atoms with E-state index in [0.29, 0.717) is 66.7 Å². The minimum atomic E-state index is -1.01. The highest BCUT2D eigenvalue weighted by Gasteiger charge is 2.36. The second-order valence-corrected chi connectivity index (χ2v) is 12.2. The summed E-state index contributed by atoms with van der Waals surface area (Å²) >= 11 is 3.66. The number of rotatable bonds is 14. The van der Waals surface area contributed by atoms with Crippen LogP contribution in [0, 0.1) is 11.8 Å². The minimum absolute atomic E-state index is 0.0592. The van der Waals surface area contributed by atoms with Crippen LogP contribution in [0.5, 0.6) is 23.0 Å². The van der Waals surface area contributed by atoms with E-state index in [1.54, 1.807) is 24.0 Å². The summed E-state index contributed by atoms with van der Waals surface area (Å²) in [7, 11) is 3.09. The lowest BCUT2D eigenvalue weighted by atomic mass is 10.0. The molecular formula is C32H39BrN2O10. The second-order valence-electron chi connectivity index (χ2n) is 11.5. The topological polar surface area (TPSA) is 152 Å². The number of benzene rings is 2. The average Bonchev–Trinajstić information content (AvgIpc) is 3.57. The monoisotopic (exact) mass is 690 g/mol. The number of hydrogen-bond acceptors (Lipinski definition) is 8. The van der Waals surface area contributed by atoms with Gasteiger partial charge < -0.3 is 39.0 Å². The van der Waals surface area contributed by atoms with Gasteiger partial charge in [-0.1, -0.05) is 13.8 Å². The number of carboxylic acid groups (broad SMARTS) is 2. The van der Waals surface area contributed by atoms with Crippen molar-refractivity contribution in [3.8, 4) is 23.0 Å². The molecular weight excluding hydrogens is 652 g/mol. The first-order chi connectivity index (χ1) is 21.4. The van der Waals surface area contributed by atoms with E-state index in [1.165, 1.54) is 13.8 Å². The highest BCUT2D eigenvalue weighted by Crippen LogP contribution is 2.47. The van der Waals surface area contributed by atoms with Crippen LogP contribution in [-0.4, -0.2) is 71.2 Å². The highest BCUT2D eigenvalue weighted by molar-refractivity contribution is 9.10. The fraction of sp³-hybridized carbons (Fsp3) is 0.500. The quantitative estimate of drug-likeness (QED) is 0.265. The van der Waals surface area contributed by atoms with E-state index in [4.69, 9.17) is 24.1 Å². The summed E-state index contributed by atoms with van der Waals surface area (Å²) in [5, 5.41) is 18.4. The van der Waals surface area contributed by atoms with Gasteiger partial charge in [0.1, 0.15) is 0 Å². The SMILES string of the molecule is COc1cc2c(cc1OCCCOc1c(OC)cc3c(c1Br)C(C)N(C(=O)CC(C)C(=O)O)C3)CN(C(=O)CC(C)C(=O)O)C2. The van der Waals surface area contributed by atoms with Crippen molar-refractivity contribution in [3.63, 3.8) is 0 Å². The fourth-order valence-electron chi connectivity index (χ4n) is 5.54. The molecule has 0 saturated carbocycles. The lowest BCUT2D eigenvalue weighted by Crippen LogP contribution is -2.30. The van der Waals surface area contributed by atoms with Crippen molar-refractivity contribution < 1.29 is 48.3 Å². The number of carbonyl (C=O) groups is 4. The molecule has 12 nitrogen and oxygen atoms in total. The number of carboxylic acids is 2. The summed E-state index contributed by atoms with van der Waals surface area (Å²) in [6.07, 6.45) is 0.386. The van der Waals surface area contributed by atoms with Crippen LogP contribution in [0.4, 0.5) is 0 Å². The zero-order valence-electron chi connectivity index (χ0n) is 26.1. The van der Waals surface area contributed by atoms with E-state index >= 15 is 0 Å². The zero-order valence-corrected chi connectivity index (χ0v) is 27.6. The summed E-state index contributed by atoms with van der Waals surface area (Å²) < 4.78 is 24.0. The number of amides is 2. The van der Waals surface area contributed by atoms with Crippen molar-refractivity contribution in [1.82, 2.24) is 9.80 Å². The third-order valence-corrected chi connectivity index (χ3v) is 9.02. The van der Waals surface area contributed by atoms with Gasteiger partial charge in [-0.15, -0.1) is 0 Å². The molecule has 0 radical (unpaired) electrons. The Labute approximate surface area is 270 Å². The van der Waals surface area contributed by atoms with Crippen LogP contribution >= 0.6 is 15.9 Å². The van der Waals surface area contributed by atoms with E-state index in [9.17, 15) is 24.3 Å². The van der Waals surface area contributed by atoms with Crippen molar-refractivity contribution in [2.75, 3.05) is 27.4 Å². The Morgan fingerprint density at radius 1 is 0.822 bits per heavy atom. The number of nitrogens with zero attached hydrogens (tertiary/aromatic N) is 2. The summed E-state index contributed by atoms with van der Waals surface area (Å²) in [6.45, 7) is 6.67. The third kappa shape index (κ3) is 7.46. The van der Waals surface area contributed by atoms with E-state index in [-0.39, 0.29) is 30.7 Å². The standard InChI is InChI=1S/C32H39BrN2O10/c1-17(31(38)39)9-26(36)34-14-20-11-23(42-4)24(12-21(20)15-34)44-7-6-8-45-30-25(43-5)13-22-16-35(19(3)28(22)29(30)33)27(37)10-18(2)32(40)41/h11-13,17-19H,6-10,14-16H2,1-5H3,(H,38,39)(H,40,41). The Balaban J connectivity index is 1.36. The molecule has 2 aromatic carbocycles. The molecule has 2 heterocycles. The fourth-order valence-corrected chi connectivity index (χ4v) is 6.43. The molecule has 4 rings (SSSR count). The zero-order chi connectivity index (χ0) is 33.0. The first-order valence-electron chi connectivity index (χ1n) is 14.7. The van der Waals surface area contributed by atoms with Gasteiger partial charge in [0, 0.05) is 38.9 Å². The molecule has 45 heavy (non-hydrogen) atoms. The molecule has 3 atom stereocenters. The number of carbonyl (C=O) groups excluding carboxylic acids is 2. The first kappa shape index (κ1) is 33.9. The Bertz CT molecular complexity index is 1480. The number of aliphatic carboxylic acids is 2. The van der Waals surface area contributed by atoms with Crippen LogP contribution in [0.25, 0.3) is 0 Å². The molecule has 0 saturated heterocycles. The highest BCUT2D eigenvalue weighted by atomic mass is 79.9. The van der Waals surface area contributed by atoms with Crippen LogP contribution in [0.15, 0.2) is 22.7 Å². The maximum absolute atomic E-state index is 12.9. The molecule has 2 N–H and O–H groups in total. The summed E-state index contributed by atoms with van der Waals surface area (Å²) in [5.74, 6) is -1.88. The predicted octanol–water partition coefficient (Wildman–Crippen LogP) is 4.78. The van der Waals surface area contributed by atoms with Crippen molar-refractivity contribution in [2.45, 2.75) is 65.7 Å². The van der Waals surface area contributed by atoms with Gasteiger partial charge in [0.05, 0.1) is 49.8 Å². The number of ether oxygens (including phenoxy) is 4.